The molecule has 1 aromatic rings. The zero-order valence-corrected chi connectivity index (χ0v) is 8.80. The van der Waals surface area contributed by atoms with Crippen LogP contribution in [0.15, 0.2) is 23.1 Å². The van der Waals surface area contributed by atoms with Crippen molar-refractivity contribution in [1.29, 1.82) is 0 Å². The van der Waals surface area contributed by atoms with Crippen LogP contribution in [0.25, 0.3) is 0 Å². The van der Waals surface area contributed by atoms with Gasteiger partial charge in [0.1, 0.15) is 0 Å². The largest absolute Gasteiger partial charge is 0.416 e. The molecule has 14 heavy (non-hydrogen) atoms. The SMILES string of the molecule is CCSc1cc(C)cc(C(F)(F)F)c1. The topological polar surface area (TPSA) is 0 Å². The lowest BCUT2D eigenvalue weighted by Crippen LogP contribution is -2.05. The highest BCUT2D eigenvalue weighted by Crippen LogP contribution is 2.32. The van der Waals surface area contributed by atoms with Crippen molar-refractivity contribution in [2.24, 2.45) is 0 Å². The fourth-order valence-electron chi connectivity index (χ4n) is 1.16. The van der Waals surface area contributed by atoms with Crippen LogP contribution in [-0.2, 0) is 6.18 Å². The van der Waals surface area contributed by atoms with Gasteiger partial charge in [-0.2, -0.15) is 13.2 Å². The molecule has 78 valence electrons. The van der Waals surface area contributed by atoms with Gasteiger partial charge in [0.15, 0.2) is 0 Å². The predicted molar refractivity (Wildman–Crippen MR) is 52.6 cm³/mol. The Morgan fingerprint density at radius 3 is 2.36 bits per heavy atom. The van der Waals surface area contributed by atoms with E-state index in [-0.39, 0.29) is 0 Å². The third-order valence-corrected chi connectivity index (χ3v) is 2.55. The highest BCUT2D eigenvalue weighted by Gasteiger charge is 2.30. The van der Waals surface area contributed by atoms with Crippen LogP contribution in [0.1, 0.15) is 18.1 Å². The molecule has 0 heterocycles. The Bertz CT molecular complexity index is 318. The van der Waals surface area contributed by atoms with Gasteiger partial charge in [-0.05, 0) is 36.4 Å². The molecule has 0 aromatic heterocycles. The third-order valence-electron chi connectivity index (χ3n) is 1.69. The van der Waals surface area contributed by atoms with Crippen molar-refractivity contribution in [3.05, 3.63) is 29.3 Å². The normalized spacial score (nSPS) is 11.8. The minimum atomic E-state index is -4.24. The number of alkyl halides is 3. The summed E-state index contributed by atoms with van der Waals surface area (Å²) in [4.78, 5) is 0.680. The number of halogens is 3. The zero-order chi connectivity index (χ0) is 10.8. The summed E-state index contributed by atoms with van der Waals surface area (Å²) in [5.41, 5.74) is 0.0872. The monoisotopic (exact) mass is 220 g/mol. The molecule has 0 nitrogen and oxygen atoms in total. The summed E-state index contributed by atoms with van der Waals surface area (Å²) < 4.78 is 37.1. The molecule has 0 aliphatic carbocycles. The van der Waals surface area contributed by atoms with Crippen LogP contribution < -0.4 is 0 Å². The molecule has 0 saturated heterocycles. The first kappa shape index (κ1) is 11.4. The van der Waals surface area contributed by atoms with E-state index in [2.05, 4.69) is 0 Å². The first-order chi connectivity index (χ1) is 6.43. The van der Waals surface area contributed by atoms with Crippen molar-refractivity contribution in [1.82, 2.24) is 0 Å². The Morgan fingerprint density at radius 2 is 1.86 bits per heavy atom. The number of thioether (sulfide) groups is 1. The van der Waals surface area contributed by atoms with Gasteiger partial charge in [0, 0.05) is 4.90 Å². The molecule has 1 aromatic carbocycles. The van der Waals surface area contributed by atoms with Crippen LogP contribution in [0.2, 0.25) is 0 Å². The van der Waals surface area contributed by atoms with E-state index < -0.39 is 11.7 Å². The molecule has 0 bridgehead atoms. The van der Waals surface area contributed by atoms with Gasteiger partial charge in [-0.3, -0.25) is 0 Å². The van der Waals surface area contributed by atoms with E-state index >= 15 is 0 Å². The molecule has 0 N–H and O–H groups in total. The van der Waals surface area contributed by atoms with Crippen molar-refractivity contribution >= 4 is 11.8 Å². The van der Waals surface area contributed by atoms with Gasteiger partial charge in [-0.25, -0.2) is 0 Å². The van der Waals surface area contributed by atoms with Crippen LogP contribution in [0.4, 0.5) is 13.2 Å². The minimum absolute atomic E-state index is 0.562. The van der Waals surface area contributed by atoms with E-state index in [9.17, 15) is 13.2 Å². The number of rotatable bonds is 2. The molecular formula is C10H11F3S. The van der Waals surface area contributed by atoms with Crippen molar-refractivity contribution in [2.75, 3.05) is 5.75 Å². The highest BCUT2D eigenvalue weighted by atomic mass is 32.2. The third kappa shape index (κ3) is 2.94. The summed E-state index contributed by atoms with van der Waals surface area (Å²) in [7, 11) is 0. The van der Waals surface area contributed by atoms with E-state index in [1.54, 1.807) is 13.0 Å². The molecule has 4 heteroatoms. The average Bonchev–Trinajstić information content (AvgIpc) is 2.02. The van der Waals surface area contributed by atoms with Crippen molar-refractivity contribution in [3.63, 3.8) is 0 Å². The first-order valence-corrected chi connectivity index (χ1v) is 5.23. The van der Waals surface area contributed by atoms with E-state index in [0.29, 0.717) is 10.5 Å². The van der Waals surface area contributed by atoms with E-state index in [4.69, 9.17) is 0 Å². The lowest BCUT2D eigenvalue weighted by molar-refractivity contribution is -0.137. The molecule has 0 amide bonds. The fourth-order valence-corrected chi connectivity index (χ4v) is 1.97. The summed E-state index contributed by atoms with van der Waals surface area (Å²) in [5, 5.41) is 0. The zero-order valence-electron chi connectivity index (χ0n) is 7.98. The molecule has 0 fully saturated rings. The second-order valence-electron chi connectivity index (χ2n) is 2.97. The summed E-state index contributed by atoms with van der Waals surface area (Å²) in [6, 6.07) is 4.13. The van der Waals surface area contributed by atoms with Crippen molar-refractivity contribution < 1.29 is 13.2 Å². The molecule has 1 rings (SSSR count). The van der Waals surface area contributed by atoms with Gasteiger partial charge in [0.25, 0.3) is 0 Å². The smallest absolute Gasteiger partial charge is 0.166 e. The van der Waals surface area contributed by atoms with Gasteiger partial charge < -0.3 is 0 Å². The number of hydrogen-bond acceptors (Lipinski definition) is 1. The minimum Gasteiger partial charge on any atom is -0.166 e. The Morgan fingerprint density at radius 1 is 1.21 bits per heavy atom. The Kier molecular flexibility index (Phi) is 3.48. The second kappa shape index (κ2) is 4.26. The van der Waals surface area contributed by atoms with Crippen LogP contribution in [0.5, 0.6) is 0 Å². The fraction of sp³-hybridized carbons (Fsp3) is 0.400. The Labute approximate surface area is 85.5 Å². The molecule has 0 atom stereocenters. The van der Waals surface area contributed by atoms with Gasteiger partial charge in [0.05, 0.1) is 5.56 Å². The van der Waals surface area contributed by atoms with Crippen LogP contribution in [0, 0.1) is 6.92 Å². The average molecular weight is 220 g/mol. The lowest BCUT2D eigenvalue weighted by Gasteiger charge is -2.09. The quantitative estimate of drug-likeness (QED) is 0.675. The van der Waals surface area contributed by atoms with Crippen molar-refractivity contribution in [2.45, 2.75) is 24.9 Å². The summed E-state index contributed by atoms with van der Waals surface area (Å²) >= 11 is 1.42. The second-order valence-corrected chi connectivity index (χ2v) is 4.30. The number of hydrogen-bond donors (Lipinski definition) is 0. The molecule has 0 aliphatic heterocycles. The van der Waals surface area contributed by atoms with Gasteiger partial charge in [0.2, 0.25) is 0 Å². The van der Waals surface area contributed by atoms with Gasteiger partial charge >= 0.3 is 6.18 Å². The van der Waals surface area contributed by atoms with E-state index in [1.165, 1.54) is 23.9 Å². The Balaban J connectivity index is 3.07. The summed E-state index contributed by atoms with van der Waals surface area (Å²) in [5.74, 6) is 0.779. The van der Waals surface area contributed by atoms with Crippen molar-refractivity contribution in [3.8, 4) is 0 Å². The van der Waals surface area contributed by atoms with Crippen LogP contribution in [-0.4, -0.2) is 5.75 Å². The van der Waals surface area contributed by atoms with Crippen LogP contribution in [0.3, 0.4) is 0 Å². The van der Waals surface area contributed by atoms with E-state index in [1.807, 2.05) is 6.92 Å². The Hall–Kier alpha value is -0.640. The van der Waals surface area contributed by atoms with Gasteiger partial charge in [-0.15, -0.1) is 11.8 Å². The summed E-state index contributed by atoms with van der Waals surface area (Å²) in [6.07, 6.45) is -4.24. The molecular weight excluding hydrogens is 209 g/mol. The maximum absolute atomic E-state index is 12.4. The number of aryl methyl sites for hydroxylation is 1. The standard InChI is InChI=1S/C10H11F3S/c1-3-14-9-5-7(2)4-8(6-9)10(11,12)13/h4-6H,3H2,1-2H3. The maximum atomic E-state index is 12.4. The summed E-state index contributed by atoms with van der Waals surface area (Å²) in [6.45, 7) is 3.59. The first-order valence-electron chi connectivity index (χ1n) is 4.25. The van der Waals surface area contributed by atoms with Crippen LogP contribution >= 0.6 is 11.8 Å². The molecule has 0 saturated carbocycles. The van der Waals surface area contributed by atoms with E-state index in [0.717, 1.165) is 5.75 Å². The number of benzene rings is 1. The predicted octanol–water partition coefficient (Wildman–Crippen LogP) is 4.13. The molecule has 0 aliphatic rings. The van der Waals surface area contributed by atoms with Gasteiger partial charge in [-0.1, -0.05) is 6.92 Å². The highest BCUT2D eigenvalue weighted by molar-refractivity contribution is 7.99. The molecule has 0 spiro atoms. The lowest BCUT2D eigenvalue weighted by atomic mass is 10.1. The molecule has 0 radical (unpaired) electrons. The molecule has 0 unspecified atom stereocenters. The maximum Gasteiger partial charge on any atom is 0.416 e.